The summed E-state index contributed by atoms with van der Waals surface area (Å²) in [5.41, 5.74) is 8.46. The van der Waals surface area contributed by atoms with Gasteiger partial charge in [-0.3, -0.25) is 0 Å². The van der Waals surface area contributed by atoms with Gasteiger partial charge in [0.1, 0.15) is 11.5 Å². The van der Waals surface area contributed by atoms with Gasteiger partial charge in [0.15, 0.2) is 6.29 Å². The topological polar surface area (TPSA) is 107 Å². The number of nitrogens with one attached hydrogen (secondary N) is 2. The highest BCUT2D eigenvalue weighted by Crippen LogP contribution is 2.39. The zero-order valence-electron chi connectivity index (χ0n) is 29.5. The van der Waals surface area contributed by atoms with Crippen LogP contribution < -0.4 is 15.4 Å². The smallest absolute Gasteiger partial charge is 0.319 e. The molecule has 9 nitrogen and oxygen atoms in total. The monoisotopic (exact) mass is 716 g/mol. The summed E-state index contributed by atoms with van der Waals surface area (Å²) in [4.78, 5) is 17.4. The molecule has 1 saturated heterocycles. The Bertz CT molecular complexity index is 2330. The molecule has 54 heavy (non-hydrogen) atoms. The minimum Gasteiger partial charge on any atom is -0.457 e. The van der Waals surface area contributed by atoms with Gasteiger partial charge in [0.25, 0.3) is 0 Å². The molecule has 0 spiro atoms. The van der Waals surface area contributed by atoms with Gasteiger partial charge in [0, 0.05) is 24.2 Å². The molecule has 0 radical (unpaired) electrons. The Morgan fingerprint density at radius 1 is 0.741 bits per heavy atom. The number of aliphatic hydroxyl groups excluding tert-OH is 1. The normalized spacial score (nSPS) is 16.9. The summed E-state index contributed by atoms with van der Waals surface area (Å²) in [6.07, 6.45) is 1.58. The molecule has 270 valence electrons. The molecule has 1 aliphatic rings. The minimum atomic E-state index is -0.603. The fraction of sp³-hybridized carbons (Fsp3) is 0.156. The van der Waals surface area contributed by atoms with Gasteiger partial charge in [0.05, 0.1) is 42.7 Å². The number of ether oxygens (including phenoxy) is 3. The third-order valence-electron chi connectivity index (χ3n) is 9.51. The number of rotatable bonds is 11. The first-order chi connectivity index (χ1) is 26.6. The number of aliphatic hydroxyl groups is 1. The number of benzene rings is 6. The number of aromatic nitrogens is 2. The standard InChI is InChI=1S/C45H40N4O5/c50-29-31-16-18-33(19-17-31)43-26-40(28-49-30-47-41-14-4-5-15-42(41)49)53-44(54-43)36-11-7-10-35(25-36)34-9-6-8-32(24-34)27-46-45(51)48-37-20-22-39(23-21-37)52-38-12-2-1-3-13-38/h1-25,30,40,43-44,50H,26-29H2,(H2,46,48,51)/t40-,43+,44+/m1/s1. The van der Waals surface area contributed by atoms with E-state index >= 15 is 0 Å². The average Bonchev–Trinajstić information content (AvgIpc) is 3.63. The third kappa shape index (κ3) is 8.35. The lowest BCUT2D eigenvalue weighted by molar-refractivity contribution is -0.252. The van der Waals surface area contributed by atoms with E-state index in [1.807, 2.05) is 128 Å². The molecule has 0 saturated carbocycles. The highest BCUT2D eigenvalue weighted by atomic mass is 16.7. The van der Waals surface area contributed by atoms with Crippen molar-refractivity contribution in [1.82, 2.24) is 14.9 Å². The Balaban J connectivity index is 0.945. The zero-order chi connectivity index (χ0) is 36.7. The second kappa shape index (κ2) is 16.2. The van der Waals surface area contributed by atoms with Gasteiger partial charge >= 0.3 is 6.03 Å². The summed E-state index contributed by atoms with van der Waals surface area (Å²) in [5, 5.41) is 15.5. The van der Waals surface area contributed by atoms with E-state index < -0.39 is 6.29 Å². The van der Waals surface area contributed by atoms with Crippen LogP contribution in [-0.2, 0) is 29.2 Å². The number of carbonyl (C=O) groups excluding carboxylic acids is 1. The van der Waals surface area contributed by atoms with Crippen LogP contribution in [0.4, 0.5) is 10.5 Å². The van der Waals surface area contributed by atoms with Crippen LogP contribution in [0.25, 0.3) is 22.2 Å². The Hall–Kier alpha value is -6.26. The number of imidazole rings is 1. The number of para-hydroxylation sites is 3. The third-order valence-corrected chi connectivity index (χ3v) is 9.51. The molecule has 1 aliphatic heterocycles. The summed E-state index contributed by atoms with van der Waals surface area (Å²) in [6, 6.07) is 48.9. The fourth-order valence-electron chi connectivity index (χ4n) is 6.72. The maximum Gasteiger partial charge on any atom is 0.319 e. The van der Waals surface area contributed by atoms with E-state index in [1.165, 1.54) is 0 Å². The van der Waals surface area contributed by atoms with Crippen LogP contribution in [0.15, 0.2) is 158 Å². The second-order valence-corrected chi connectivity index (χ2v) is 13.3. The van der Waals surface area contributed by atoms with Crippen molar-refractivity contribution in [2.75, 3.05) is 5.32 Å². The Labute approximate surface area is 313 Å². The van der Waals surface area contributed by atoms with Gasteiger partial charge in [-0.25, -0.2) is 9.78 Å². The summed E-state index contributed by atoms with van der Waals surface area (Å²) < 4.78 is 21.3. The summed E-state index contributed by atoms with van der Waals surface area (Å²) in [5.74, 6) is 1.44. The van der Waals surface area contributed by atoms with E-state index in [0.29, 0.717) is 30.9 Å². The number of amides is 2. The van der Waals surface area contributed by atoms with Gasteiger partial charge in [0.2, 0.25) is 0 Å². The van der Waals surface area contributed by atoms with Crippen LogP contribution in [0.3, 0.4) is 0 Å². The molecule has 2 amide bonds. The van der Waals surface area contributed by atoms with Crippen molar-refractivity contribution in [3.8, 4) is 22.6 Å². The van der Waals surface area contributed by atoms with Crippen LogP contribution in [0.1, 0.15) is 41.1 Å². The van der Waals surface area contributed by atoms with E-state index in [0.717, 1.165) is 50.2 Å². The van der Waals surface area contributed by atoms with Crippen LogP contribution >= 0.6 is 0 Å². The van der Waals surface area contributed by atoms with E-state index in [-0.39, 0.29) is 24.8 Å². The van der Waals surface area contributed by atoms with Crippen molar-refractivity contribution < 1.29 is 24.1 Å². The predicted molar refractivity (Wildman–Crippen MR) is 209 cm³/mol. The highest BCUT2D eigenvalue weighted by Gasteiger charge is 2.33. The minimum absolute atomic E-state index is 0.00833. The van der Waals surface area contributed by atoms with Gasteiger partial charge in [-0.2, -0.15) is 0 Å². The van der Waals surface area contributed by atoms with E-state index in [1.54, 1.807) is 0 Å². The van der Waals surface area contributed by atoms with Crippen molar-refractivity contribution in [2.45, 2.75) is 44.6 Å². The van der Waals surface area contributed by atoms with Gasteiger partial charge in [-0.15, -0.1) is 0 Å². The van der Waals surface area contributed by atoms with Gasteiger partial charge in [-0.05, 0) is 88.5 Å². The van der Waals surface area contributed by atoms with E-state index in [9.17, 15) is 9.90 Å². The molecule has 3 atom stereocenters. The molecule has 0 bridgehead atoms. The lowest BCUT2D eigenvalue weighted by Gasteiger charge is -2.36. The van der Waals surface area contributed by atoms with Crippen molar-refractivity contribution in [2.24, 2.45) is 0 Å². The number of carbonyl (C=O) groups is 1. The number of nitrogens with zero attached hydrogens (tertiary/aromatic N) is 2. The van der Waals surface area contributed by atoms with E-state index in [4.69, 9.17) is 14.2 Å². The average molecular weight is 717 g/mol. The lowest BCUT2D eigenvalue weighted by atomic mass is 9.98. The van der Waals surface area contributed by atoms with Crippen LogP contribution in [-0.4, -0.2) is 26.8 Å². The molecule has 6 aromatic carbocycles. The molecule has 0 unspecified atom stereocenters. The van der Waals surface area contributed by atoms with Gasteiger partial charge < -0.3 is 34.5 Å². The van der Waals surface area contributed by atoms with E-state index in [2.05, 4.69) is 50.5 Å². The zero-order valence-corrected chi connectivity index (χ0v) is 29.5. The first-order valence-electron chi connectivity index (χ1n) is 18.0. The molecule has 2 heterocycles. The maximum atomic E-state index is 12.8. The molecule has 9 heteroatoms. The van der Waals surface area contributed by atoms with Crippen molar-refractivity contribution in [1.29, 1.82) is 0 Å². The Kier molecular flexibility index (Phi) is 10.4. The predicted octanol–water partition coefficient (Wildman–Crippen LogP) is 9.56. The molecule has 1 aromatic heterocycles. The Morgan fingerprint density at radius 2 is 1.48 bits per heavy atom. The van der Waals surface area contributed by atoms with Crippen molar-refractivity contribution in [3.05, 3.63) is 180 Å². The maximum absolute atomic E-state index is 12.8. The first-order valence-corrected chi connectivity index (χ1v) is 18.0. The quantitative estimate of drug-likeness (QED) is 0.123. The molecular weight excluding hydrogens is 677 g/mol. The number of urea groups is 1. The van der Waals surface area contributed by atoms with Crippen LogP contribution in [0.5, 0.6) is 11.5 Å². The van der Waals surface area contributed by atoms with Crippen LogP contribution in [0.2, 0.25) is 0 Å². The first kappa shape index (κ1) is 34.8. The number of hydrogen-bond donors (Lipinski definition) is 3. The molecule has 0 aliphatic carbocycles. The van der Waals surface area contributed by atoms with Crippen molar-refractivity contribution >= 4 is 22.8 Å². The SMILES string of the molecule is O=C(NCc1cccc(-c2cccc([C@H]3O[C@@H](Cn4cnc5ccccc54)C[C@@H](c4ccc(CO)cc4)O3)c2)c1)Nc1ccc(Oc2ccccc2)cc1. The molecule has 1 fully saturated rings. The summed E-state index contributed by atoms with van der Waals surface area (Å²) >= 11 is 0. The fourth-order valence-corrected chi connectivity index (χ4v) is 6.72. The lowest BCUT2D eigenvalue weighted by Crippen LogP contribution is -2.32. The molecule has 7 aromatic rings. The molecule has 8 rings (SSSR count). The second-order valence-electron chi connectivity index (χ2n) is 13.3. The number of anilines is 1. The largest absolute Gasteiger partial charge is 0.457 e. The van der Waals surface area contributed by atoms with Gasteiger partial charge in [-0.1, -0.05) is 91.0 Å². The summed E-state index contributed by atoms with van der Waals surface area (Å²) in [6.45, 7) is 0.971. The molecular formula is C45H40N4O5. The number of hydrogen-bond acceptors (Lipinski definition) is 6. The summed E-state index contributed by atoms with van der Waals surface area (Å²) in [7, 11) is 0. The number of fused-ring (bicyclic) bond motifs is 1. The van der Waals surface area contributed by atoms with Crippen molar-refractivity contribution in [3.63, 3.8) is 0 Å². The van der Waals surface area contributed by atoms with Crippen LogP contribution in [0, 0.1) is 0 Å². The Morgan fingerprint density at radius 3 is 2.30 bits per heavy atom. The molecule has 3 N–H and O–H groups in total. The highest BCUT2D eigenvalue weighted by molar-refractivity contribution is 5.89.